The van der Waals surface area contributed by atoms with Crippen molar-refractivity contribution in [2.45, 2.75) is 31.8 Å². The first-order chi connectivity index (χ1) is 11.6. The molecule has 1 aliphatic heterocycles. The maximum Gasteiger partial charge on any atom is 0.267 e. The Labute approximate surface area is 141 Å². The molecule has 1 atom stereocenters. The third-order valence-electron chi connectivity index (χ3n) is 4.71. The predicted molar refractivity (Wildman–Crippen MR) is 89.2 cm³/mol. The molecule has 0 unspecified atom stereocenters. The summed E-state index contributed by atoms with van der Waals surface area (Å²) in [5.74, 6) is 1.08. The maximum absolute atomic E-state index is 11.9. The first kappa shape index (κ1) is 16.3. The molecular formula is C18H22N4O2. The quantitative estimate of drug-likeness (QED) is 0.937. The van der Waals surface area contributed by atoms with Crippen LogP contribution in [0.1, 0.15) is 53.0 Å². The predicted octanol–water partition coefficient (Wildman–Crippen LogP) is 2.58. The van der Waals surface area contributed by atoms with Gasteiger partial charge in [-0.25, -0.2) is 0 Å². The van der Waals surface area contributed by atoms with Crippen LogP contribution in [-0.2, 0) is 13.6 Å². The average molecular weight is 326 g/mol. The largest absolute Gasteiger partial charge is 0.449 e. The molecule has 3 rings (SSSR count). The number of amides is 1. The molecule has 0 aliphatic carbocycles. The summed E-state index contributed by atoms with van der Waals surface area (Å²) in [5, 5.41) is 11.6. The van der Waals surface area contributed by atoms with Crippen molar-refractivity contribution in [1.82, 2.24) is 14.8 Å². The van der Waals surface area contributed by atoms with Gasteiger partial charge in [0.2, 0.25) is 5.76 Å². The van der Waals surface area contributed by atoms with Gasteiger partial charge in [-0.1, -0.05) is 6.42 Å². The minimum absolute atomic E-state index is 0.0733. The number of aromatic nitrogens is 1. The van der Waals surface area contributed by atoms with Crippen molar-refractivity contribution in [1.29, 1.82) is 5.26 Å². The zero-order chi connectivity index (χ0) is 17.1. The van der Waals surface area contributed by atoms with Crippen LogP contribution < -0.4 is 5.32 Å². The van der Waals surface area contributed by atoms with Crippen molar-refractivity contribution in [3.63, 3.8) is 0 Å². The summed E-state index contributed by atoms with van der Waals surface area (Å²) in [6, 6.07) is 9.76. The Morgan fingerprint density at radius 1 is 1.38 bits per heavy atom. The van der Waals surface area contributed by atoms with E-state index in [9.17, 15) is 4.79 Å². The van der Waals surface area contributed by atoms with Crippen LogP contribution in [0.3, 0.4) is 0 Å². The van der Waals surface area contributed by atoms with E-state index < -0.39 is 0 Å². The number of nitrogens with one attached hydrogen (secondary N) is 1. The highest BCUT2D eigenvalue weighted by molar-refractivity contribution is 5.92. The number of hydrogen-bond donors (Lipinski definition) is 1. The van der Waals surface area contributed by atoms with Gasteiger partial charge in [-0.05, 0) is 43.7 Å². The van der Waals surface area contributed by atoms with E-state index >= 15 is 0 Å². The molecule has 1 saturated heterocycles. The van der Waals surface area contributed by atoms with E-state index in [-0.39, 0.29) is 11.9 Å². The fourth-order valence-corrected chi connectivity index (χ4v) is 3.46. The first-order valence-electron chi connectivity index (χ1n) is 8.24. The highest BCUT2D eigenvalue weighted by atomic mass is 16.3. The molecule has 1 fully saturated rings. The smallest absolute Gasteiger partial charge is 0.267 e. The number of furan rings is 1. The van der Waals surface area contributed by atoms with Gasteiger partial charge in [-0.3, -0.25) is 9.69 Å². The Hall–Kier alpha value is -2.52. The topological polar surface area (TPSA) is 74.2 Å². The van der Waals surface area contributed by atoms with Crippen molar-refractivity contribution in [3.05, 3.63) is 47.2 Å². The summed E-state index contributed by atoms with van der Waals surface area (Å²) < 4.78 is 7.51. The number of rotatable bonds is 4. The molecule has 0 radical (unpaired) electrons. The zero-order valence-electron chi connectivity index (χ0n) is 14.1. The molecule has 3 heterocycles. The molecule has 2 aromatic heterocycles. The van der Waals surface area contributed by atoms with E-state index in [0.717, 1.165) is 30.8 Å². The lowest BCUT2D eigenvalue weighted by Crippen LogP contribution is -2.34. The van der Waals surface area contributed by atoms with Crippen LogP contribution in [0, 0.1) is 11.3 Å². The highest BCUT2D eigenvalue weighted by Gasteiger charge is 2.28. The monoisotopic (exact) mass is 326 g/mol. The number of piperidine rings is 1. The van der Waals surface area contributed by atoms with E-state index in [1.54, 1.807) is 13.1 Å². The molecular weight excluding hydrogens is 304 g/mol. The van der Waals surface area contributed by atoms with E-state index in [1.165, 1.54) is 6.42 Å². The number of hydrogen-bond acceptors (Lipinski definition) is 4. The number of likely N-dealkylation sites (tertiary alicyclic amines) is 1. The van der Waals surface area contributed by atoms with Gasteiger partial charge in [-0.2, -0.15) is 5.26 Å². The molecule has 0 spiro atoms. The standard InChI is InChI=1S/C18H22N4O2/c1-20-18(23)17-9-8-15(21(17)2)16-5-3-4-10-22(16)12-14-7-6-13(11-19)24-14/h6-9,16H,3-5,10,12H2,1-2H3,(H,20,23)/t16-/m0/s1. The molecule has 0 saturated carbocycles. The molecule has 24 heavy (non-hydrogen) atoms. The van der Waals surface area contributed by atoms with Gasteiger partial charge in [0.1, 0.15) is 17.5 Å². The van der Waals surface area contributed by atoms with E-state index in [4.69, 9.17) is 9.68 Å². The molecule has 6 nitrogen and oxygen atoms in total. The van der Waals surface area contributed by atoms with Crippen LogP contribution in [0.25, 0.3) is 0 Å². The zero-order valence-corrected chi connectivity index (χ0v) is 14.1. The molecule has 126 valence electrons. The Balaban J connectivity index is 1.83. The lowest BCUT2D eigenvalue weighted by molar-refractivity contribution is 0.0951. The van der Waals surface area contributed by atoms with Crippen LogP contribution in [0.2, 0.25) is 0 Å². The second-order valence-electron chi connectivity index (χ2n) is 6.14. The van der Waals surface area contributed by atoms with Crippen LogP contribution in [0.5, 0.6) is 0 Å². The number of carbonyl (C=O) groups excluding carboxylic acids is 1. The van der Waals surface area contributed by atoms with Crippen molar-refractivity contribution in [2.24, 2.45) is 7.05 Å². The molecule has 0 aromatic carbocycles. The van der Waals surface area contributed by atoms with Gasteiger partial charge >= 0.3 is 0 Å². The third kappa shape index (κ3) is 3.08. The molecule has 1 amide bonds. The minimum Gasteiger partial charge on any atom is -0.449 e. The summed E-state index contributed by atoms with van der Waals surface area (Å²) in [7, 11) is 3.58. The van der Waals surface area contributed by atoms with Crippen LogP contribution in [-0.4, -0.2) is 29.0 Å². The van der Waals surface area contributed by atoms with Crippen LogP contribution >= 0.6 is 0 Å². The van der Waals surface area contributed by atoms with E-state index in [0.29, 0.717) is 18.0 Å². The Kier molecular flexibility index (Phi) is 4.72. The lowest BCUT2D eigenvalue weighted by Gasteiger charge is -2.35. The Bertz CT molecular complexity index is 768. The summed E-state index contributed by atoms with van der Waals surface area (Å²) >= 11 is 0. The number of nitriles is 1. The second-order valence-corrected chi connectivity index (χ2v) is 6.14. The first-order valence-corrected chi connectivity index (χ1v) is 8.24. The second kappa shape index (κ2) is 6.93. The van der Waals surface area contributed by atoms with E-state index in [2.05, 4.69) is 10.2 Å². The third-order valence-corrected chi connectivity index (χ3v) is 4.71. The Morgan fingerprint density at radius 2 is 2.21 bits per heavy atom. The summed E-state index contributed by atoms with van der Waals surface area (Å²) in [6.07, 6.45) is 3.37. The van der Waals surface area contributed by atoms with Gasteiger partial charge in [-0.15, -0.1) is 0 Å². The van der Waals surface area contributed by atoms with Gasteiger partial charge in [0, 0.05) is 19.8 Å². The molecule has 2 aromatic rings. The molecule has 0 bridgehead atoms. The fourth-order valence-electron chi connectivity index (χ4n) is 3.46. The summed E-state index contributed by atoms with van der Waals surface area (Å²) in [4.78, 5) is 14.3. The van der Waals surface area contributed by atoms with Crippen molar-refractivity contribution >= 4 is 5.91 Å². The lowest BCUT2D eigenvalue weighted by atomic mass is 9.99. The van der Waals surface area contributed by atoms with Crippen molar-refractivity contribution < 1.29 is 9.21 Å². The van der Waals surface area contributed by atoms with Crippen molar-refractivity contribution in [3.8, 4) is 6.07 Å². The number of nitrogens with zero attached hydrogens (tertiary/aromatic N) is 3. The van der Waals surface area contributed by atoms with Crippen molar-refractivity contribution in [2.75, 3.05) is 13.6 Å². The molecule has 6 heteroatoms. The van der Waals surface area contributed by atoms with E-state index in [1.807, 2.05) is 35.9 Å². The minimum atomic E-state index is -0.0733. The SMILES string of the molecule is CNC(=O)c1ccc([C@@H]2CCCCN2Cc2ccc(C#N)o2)n1C. The number of carbonyl (C=O) groups is 1. The Morgan fingerprint density at radius 3 is 2.92 bits per heavy atom. The fraction of sp³-hybridized carbons (Fsp3) is 0.444. The van der Waals surface area contributed by atoms with Gasteiger partial charge < -0.3 is 14.3 Å². The molecule has 1 N–H and O–H groups in total. The van der Waals surface area contributed by atoms with Gasteiger partial charge in [0.05, 0.1) is 12.6 Å². The normalized spacial score (nSPS) is 18.3. The van der Waals surface area contributed by atoms with Crippen LogP contribution in [0.15, 0.2) is 28.7 Å². The summed E-state index contributed by atoms with van der Waals surface area (Å²) in [6.45, 7) is 1.65. The maximum atomic E-state index is 11.9. The highest BCUT2D eigenvalue weighted by Crippen LogP contribution is 2.33. The van der Waals surface area contributed by atoms with Gasteiger partial charge in [0.15, 0.2) is 0 Å². The van der Waals surface area contributed by atoms with Crippen LogP contribution in [0.4, 0.5) is 0 Å². The molecule has 1 aliphatic rings. The van der Waals surface area contributed by atoms with Gasteiger partial charge in [0.25, 0.3) is 5.91 Å². The average Bonchev–Trinajstić information content (AvgIpc) is 3.21. The summed E-state index contributed by atoms with van der Waals surface area (Å²) in [5.41, 5.74) is 1.81.